The predicted molar refractivity (Wildman–Crippen MR) is 81.8 cm³/mol. The maximum absolute atomic E-state index is 11.9. The number of nitriles is 1. The topological polar surface area (TPSA) is 118 Å². The van der Waals surface area contributed by atoms with E-state index >= 15 is 0 Å². The van der Waals surface area contributed by atoms with Crippen molar-refractivity contribution in [3.63, 3.8) is 0 Å². The largest absolute Gasteiger partial charge is 0.325 e. The average molecular weight is 312 g/mol. The van der Waals surface area contributed by atoms with Crippen LogP contribution in [0.25, 0.3) is 0 Å². The van der Waals surface area contributed by atoms with Crippen LogP contribution in [-0.4, -0.2) is 15.4 Å². The molecule has 0 unspecified atom stereocenters. The fourth-order valence-electron chi connectivity index (χ4n) is 1.93. The van der Waals surface area contributed by atoms with Crippen molar-refractivity contribution in [3.05, 3.63) is 68.6 Å². The normalized spacial score (nSPS) is 9.87. The number of anilines is 1. The van der Waals surface area contributed by atoms with Gasteiger partial charge in [0.1, 0.15) is 6.07 Å². The lowest BCUT2D eigenvalue weighted by Gasteiger charge is -2.08. The van der Waals surface area contributed by atoms with E-state index in [9.17, 15) is 19.7 Å². The van der Waals surface area contributed by atoms with Crippen molar-refractivity contribution in [2.75, 3.05) is 5.32 Å². The number of rotatable bonds is 5. The quantitative estimate of drug-likeness (QED) is 0.665. The monoisotopic (exact) mass is 312 g/mol. The van der Waals surface area contributed by atoms with E-state index in [0.29, 0.717) is 11.3 Å². The molecule has 0 bridgehead atoms. The van der Waals surface area contributed by atoms with Crippen molar-refractivity contribution in [1.29, 1.82) is 5.26 Å². The Hall–Kier alpha value is -3.47. The van der Waals surface area contributed by atoms with Gasteiger partial charge in [0, 0.05) is 25.1 Å². The van der Waals surface area contributed by atoms with E-state index in [1.807, 2.05) is 6.07 Å². The highest BCUT2D eigenvalue weighted by atomic mass is 16.6. The highest BCUT2D eigenvalue weighted by Gasteiger charge is 2.10. The number of hydrogen-bond donors (Lipinski definition) is 1. The molecule has 1 aromatic heterocycles. The van der Waals surface area contributed by atoms with Gasteiger partial charge in [-0.25, -0.2) is 0 Å². The third-order valence-corrected chi connectivity index (χ3v) is 3.08. The zero-order valence-corrected chi connectivity index (χ0v) is 11.9. The second kappa shape index (κ2) is 7.00. The molecule has 0 aliphatic rings. The van der Waals surface area contributed by atoms with Crippen LogP contribution in [0.15, 0.2) is 47.4 Å². The summed E-state index contributed by atoms with van der Waals surface area (Å²) in [6.07, 6.45) is 1.04. The van der Waals surface area contributed by atoms with Gasteiger partial charge in [-0.3, -0.25) is 19.7 Å². The molecule has 0 saturated carbocycles. The van der Waals surface area contributed by atoms with Crippen molar-refractivity contribution in [1.82, 2.24) is 4.57 Å². The molecule has 8 nitrogen and oxygen atoms in total. The Morgan fingerprint density at radius 1 is 1.30 bits per heavy atom. The summed E-state index contributed by atoms with van der Waals surface area (Å²) in [6, 6.07) is 10.7. The second-order valence-electron chi connectivity index (χ2n) is 4.63. The first-order chi connectivity index (χ1) is 11.0. The lowest BCUT2D eigenvalue weighted by molar-refractivity contribution is -0.385. The van der Waals surface area contributed by atoms with Crippen LogP contribution in [0, 0.1) is 21.4 Å². The average Bonchev–Trinajstić information content (AvgIpc) is 2.54. The van der Waals surface area contributed by atoms with Crippen LogP contribution in [-0.2, 0) is 11.3 Å². The first-order valence-electron chi connectivity index (χ1n) is 6.65. The Bertz CT molecular complexity index is 851. The molecule has 23 heavy (non-hydrogen) atoms. The summed E-state index contributed by atoms with van der Waals surface area (Å²) in [5, 5.41) is 22.2. The molecule has 116 valence electrons. The fourth-order valence-corrected chi connectivity index (χ4v) is 1.93. The van der Waals surface area contributed by atoms with Crippen LogP contribution < -0.4 is 10.9 Å². The van der Waals surface area contributed by atoms with E-state index in [4.69, 9.17) is 5.26 Å². The number of carbonyl (C=O) groups excluding carboxylic acids is 1. The van der Waals surface area contributed by atoms with Gasteiger partial charge in [0.25, 0.3) is 11.2 Å². The standard InChI is InChI=1S/C15H12N4O4/c16-9-11-3-1-2-4-13(11)17-14(20)7-8-18-10-12(19(22)23)5-6-15(18)21/h1-6,10H,7-8H2,(H,17,20). The lowest BCUT2D eigenvalue weighted by Crippen LogP contribution is -2.22. The molecule has 0 aliphatic heterocycles. The van der Waals surface area contributed by atoms with E-state index in [1.165, 1.54) is 0 Å². The smallest absolute Gasteiger partial charge is 0.285 e. The Balaban J connectivity index is 2.05. The molecule has 8 heteroatoms. The molecule has 0 saturated heterocycles. The molecular formula is C15H12N4O4. The summed E-state index contributed by atoms with van der Waals surface area (Å²) in [4.78, 5) is 33.6. The number of aryl methyl sites for hydroxylation is 1. The Labute approximate surface area is 130 Å². The van der Waals surface area contributed by atoms with E-state index in [1.54, 1.807) is 24.3 Å². The Kier molecular flexibility index (Phi) is 4.84. The molecule has 0 spiro atoms. The first-order valence-corrected chi connectivity index (χ1v) is 6.65. The molecule has 2 rings (SSSR count). The molecule has 2 aromatic rings. The fraction of sp³-hybridized carbons (Fsp3) is 0.133. The summed E-state index contributed by atoms with van der Waals surface area (Å²) in [7, 11) is 0. The van der Waals surface area contributed by atoms with Crippen molar-refractivity contribution < 1.29 is 9.72 Å². The third kappa shape index (κ3) is 4.01. The number of para-hydroxylation sites is 1. The number of nitrogens with zero attached hydrogens (tertiary/aromatic N) is 3. The zero-order chi connectivity index (χ0) is 16.8. The van der Waals surface area contributed by atoms with Crippen LogP contribution in [0.3, 0.4) is 0 Å². The number of amides is 1. The SMILES string of the molecule is N#Cc1ccccc1NC(=O)CCn1cc([N+](=O)[O-])ccc1=O. The highest BCUT2D eigenvalue weighted by molar-refractivity contribution is 5.92. The maximum Gasteiger partial charge on any atom is 0.285 e. The van der Waals surface area contributed by atoms with Crippen molar-refractivity contribution >= 4 is 17.3 Å². The maximum atomic E-state index is 11.9. The van der Waals surface area contributed by atoms with Gasteiger partial charge in [0.15, 0.2) is 0 Å². The number of nitrogens with one attached hydrogen (secondary N) is 1. The van der Waals surface area contributed by atoms with Crippen LogP contribution in [0.2, 0.25) is 0 Å². The van der Waals surface area contributed by atoms with E-state index < -0.39 is 16.4 Å². The van der Waals surface area contributed by atoms with Crippen LogP contribution >= 0.6 is 0 Å². The minimum Gasteiger partial charge on any atom is -0.325 e. The van der Waals surface area contributed by atoms with Gasteiger partial charge in [-0.15, -0.1) is 0 Å². The molecule has 0 aliphatic carbocycles. The second-order valence-corrected chi connectivity index (χ2v) is 4.63. The van der Waals surface area contributed by atoms with Crippen molar-refractivity contribution in [3.8, 4) is 6.07 Å². The molecular weight excluding hydrogens is 300 g/mol. The van der Waals surface area contributed by atoms with Crippen LogP contribution in [0.1, 0.15) is 12.0 Å². The number of nitro groups is 1. The summed E-state index contributed by atoms with van der Waals surface area (Å²) in [5.74, 6) is -0.397. The lowest BCUT2D eigenvalue weighted by atomic mass is 10.2. The minimum absolute atomic E-state index is 0.00106. The van der Waals surface area contributed by atoms with Gasteiger partial charge in [0.2, 0.25) is 5.91 Å². The van der Waals surface area contributed by atoms with Crippen LogP contribution in [0.5, 0.6) is 0 Å². The highest BCUT2D eigenvalue weighted by Crippen LogP contribution is 2.14. The summed E-state index contributed by atoms with van der Waals surface area (Å²) < 4.78 is 1.11. The van der Waals surface area contributed by atoms with Gasteiger partial charge in [-0.2, -0.15) is 5.26 Å². The minimum atomic E-state index is -0.612. The van der Waals surface area contributed by atoms with Gasteiger partial charge >= 0.3 is 0 Å². The van der Waals surface area contributed by atoms with Gasteiger partial charge in [0.05, 0.1) is 22.4 Å². The molecule has 0 radical (unpaired) electrons. The third-order valence-electron chi connectivity index (χ3n) is 3.08. The van der Waals surface area contributed by atoms with Gasteiger partial charge < -0.3 is 9.88 Å². The van der Waals surface area contributed by atoms with Gasteiger partial charge in [-0.05, 0) is 12.1 Å². The molecule has 1 heterocycles. The van der Waals surface area contributed by atoms with E-state index in [2.05, 4.69) is 5.32 Å². The number of aromatic nitrogens is 1. The molecule has 0 atom stereocenters. The van der Waals surface area contributed by atoms with E-state index in [-0.39, 0.29) is 18.7 Å². The van der Waals surface area contributed by atoms with Gasteiger partial charge in [-0.1, -0.05) is 12.1 Å². The van der Waals surface area contributed by atoms with Crippen molar-refractivity contribution in [2.45, 2.75) is 13.0 Å². The molecule has 0 fully saturated rings. The summed E-state index contributed by atoms with van der Waals surface area (Å²) in [6.45, 7) is 0.00106. The Morgan fingerprint density at radius 3 is 2.74 bits per heavy atom. The molecule has 1 aromatic carbocycles. The summed E-state index contributed by atoms with van der Waals surface area (Å²) in [5.41, 5.74) is 0.0559. The molecule has 1 N–H and O–H groups in total. The molecule has 1 amide bonds. The van der Waals surface area contributed by atoms with E-state index in [0.717, 1.165) is 22.9 Å². The first kappa shape index (κ1) is 15.9. The summed E-state index contributed by atoms with van der Waals surface area (Å²) >= 11 is 0. The van der Waals surface area contributed by atoms with Crippen LogP contribution in [0.4, 0.5) is 11.4 Å². The zero-order valence-electron chi connectivity index (χ0n) is 11.9. The predicted octanol–water partition coefficient (Wildman–Crippen LogP) is 1.66. The Morgan fingerprint density at radius 2 is 2.04 bits per heavy atom. The van der Waals surface area contributed by atoms with Crippen molar-refractivity contribution in [2.24, 2.45) is 0 Å². The number of pyridine rings is 1. The number of carbonyl (C=O) groups is 1. The number of hydrogen-bond acceptors (Lipinski definition) is 5. The number of benzene rings is 1.